The lowest BCUT2D eigenvalue weighted by atomic mass is 9.84. The molecule has 0 saturated heterocycles. The monoisotopic (exact) mass is 437 g/mol. The minimum Gasteiger partial charge on any atom is -0.457 e. The van der Waals surface area contributed by atoms with Gasteiger partial charge in [0.1, 0.15) is 29.8 Å². The van der Waals surface area contributed by atoms with Crippen LogP contribution in [-0.4, -0.2) is 19.9 Å². The summed E-state index contributed by atoms with van der Waals surface area (Å²) in [6.07, 6.45) is -1.39. The zero-order chi connectivity index (χ0) is 21.5. The highest BCUT2D eigenvalue weighted by molar-refractivity contribution is 6.30. The van der Waals surface area contributed by atoms with E-state index in [9.17, 15) is 18.3 Å². The predicted octanol–water partition coefficient (Wildman–Crippen LogP) is 5.29. The molecule has 9 heteroatoms. The fraction of sp³-hybridized carbons (Fsp3) is 0.333. The Hall–Kier alpha value is -2.58. The summed E-state index contributed by atoms with van der Waals surface area (Å²) in [4.78, 5) is 3.83. The molecule has 1 aliphatic carbocycles. The number of alkyl halides is 3. The molecule has 1 heterocycles. The summed E-state index contributed by atoms with van der Waals surface area (Å²) in [6, 6.07) is 9.94. The number of aliphatic hydroxyl groups is 1. The Kier molecular flexibility index (Phi) is 5.23. The van der Waals surface area contributed by atoms with Crippen LogP contribution in [0.1, 0.15) is 24.5 Å². The fourth-order valence-corrected chi connectivity index (χ4v) is 3.91. The Balaban J connectivity index is 1.74. The molecule has 0 spiro atoms. The number of aromatic nitrogens is 3. The number of hydrogen-bond donors (Lipinski definition) is 1. The average molecular weight is 438 g/mol. The van der Waals surface area contributed by atoms with Crippen LogP contribution >= 0.6 is 11.6 Å². The van der Waals surface area contributed by atoms with Crippen molar-refractivity contribution in [1.82, 2.24) is 14.8 Å². The highest BCUT2D eigenvalue weighted by Crippen LogP contribution is 2.54. The quantitative estimate of drug-likeness (QED) is 0.569. The average Bonchev–Trinajstić information content (AvgIpc) is 3.22. The normalized spacial score (nSPS) is 20.6. The molecular weight excluding hydrogens is 419 g/mol. The Bertz CT molecular complexity index is 1020. The molecule has 2 unspecified atom stereocenters. The van der Waals surface area contributed by atoms with E-state index in [1.807, 2.05) is 6.92 Å². The first-order valence-electron chi connectivity index (χ1n) is 9.37. The summed E-state index contributed by atoms with van der Waals surface area (Å²) in [5, 5.41) is 15.9. The van der Waals surface area contributed by atoms with E-state index < -0.39 is 17.3 Å². The van der Waals surface area contributed by atoms with Crippen LogP contribution < -0.4 is 4.74 Å². The van der Waals surface area contributed by atoms with Crippen LogP contribution in [0.4, 0.5) is 13.2 Å². The van der Waals surface area contributed by atoms with Crippen LogP contribution in [0.5, 0.6) is 11.5 Å². The maximum atomic E-state index is 14.0. The molecule has 0 aliphatic heterocycles. The molecule has 0 amide bonds. The summed E-state index contributed by atoms with van der Waals surface area (Å²) in [6.45, 7) is 1.78. The van der Waals surface area contributed by atoms with Gasteiger partial charge < -0.3 is 9.84 Å². The van der Waals surface area contributed by atoms with Crippen molar-refractivity contribution in [2.24, 2.45) is 11.8 Å². The van der Waals surface area contributed by atoms with Gasteiger partial charge in [-0.05, 0) is 60.2 Å². The van der Waals surface area contributed by atoms with E-state index in [1.54, 1.807) is 24.3 Å². The van der Waals surface area contributed by atoms with Gasteiger partial charge in [-0.3, -0.25) is 0 Å². The van der Waals surface area contributed by atoms with Gasteiger partial charge in [-0.2, -0.15) is 18.3 Å². The third-order valence-electron chi connectivity index (χ3n) is 5.40. The van der Waals surface area contributed by atoms with Crippen LogP contribution in [0.25, 0.3) is 0 Å². The number of rotatable bonds is 6. The van der Waals surface area contributed by atoms with E-state index >= 15 is 0 Å². The molecule has 3 aromatic rings. The largest absolute Gasteiger partial charge is 0.457 e. The van der Waals surface area contributed by atoms with Crippen molar-refractivity contribution in [2.45, 2.75) is 31.7 Å². The van der Waals surface area contributed by atoms with Crippen LogP contribution in [-0.2, 0) is 18.3 Å². The highest BCUT2D eigenvalue weighted by atomic mass is 35.5. The van der Waals surface area contributed by atoms with Gasteiger partial charge in [-0.1, -0.05) is 24.6 Å². The molecule has 1 fully saturated rings. The molecule has 0 radical (unpaired) electrons. The molecular formula is C21H19ClF3N3O2. The first-order chi connectivity index (χ1) is 14.2. The van der Waals surface area contributed by atoms with E-state index in [4.69, 9.17) is 16.3 Å². The molecule has 3 atom stereocenters. The molecule has 158 valence electrons. The fourth-order valence-electron chi connectivity index (χ4n) is 3.79. The maximum absolute atomic E-state index is 14.0. The minimum absolute atomic E-state index is 0.0142. The van der Waals surface area contributed by atoms with Crippen molar-refractivity contribution in [1.29, 1.82) is 0 Å². The minimum atomic E-state index is -4.68. The van der Waals surface area contributed by atoms with Gasteiger partial charge in [-0.25, -0.2) is 9.67 Å². The van der Waals surface area contributed by atoms with E-state index in [1.165, 1.54) is 29.5 Å². The van der Waals surface area contributed by atoms with Crippen molar-refractivity contribution >= 4 is 11.6 Å². The van der Waals surface area contributed by atoms with Crippen molar-refractivity contribution in [2.75, 3.05) is 0 Å². The highest BCUT2D eigenvalue weighted by Gasteiger charge is 2.53. The van der Waals surface area contributed by atoms with Crippen molar-refractivity contribution in [3.05, 3.63) is 71.3 Å². The number of halogens is 4. The van der Waals surface area contributed by atoms with Crippen molar-refractivity contribution in [3.8, 4) is 11.5 Å². The van der Waals surface area contributed by atoms with Gasteiger partial charge in [0.15, 0.2) is 0 Å². The molecule has 4 rings (SSSR count). The zero-order valence-corrected chi connectivity index (χ0v) is 16.7. The first-order valence-corrected chi connectivity index (χ1v) is 9.74. The smallest absolute Gasteiger partial charge is 0.416 e. The predicted molar refractivity (Wildman–Crippen MR) is 104 cm³/mol. The Labute approximate surface area is 176 Å². The summed E-state index contributed by atoms with van der Waals surface area (Å²) in [7, 11) is 0. The molecule has 30 heavy (non-hydrogen) atoms. The summed E-state index contributed by atoms with van der Waals surface area (Å²) in [5.74, 6) is 0.157. The topological polar surface area (TPSA) is 60.2 Å². The Morgan fingerprint density at radius 3 is 2.37 bits per heavy atom. The van der Waals surface area contributed by atoms with E-state index in [-0.39, 0.29) is 29.7 Å². The van der Waals surface area contributed by atoms with E-state index in [0.717, 1.165) is 6.07 Å². The summed E-state index contributed by atoms with van der Waals surface area (Å²) < 4.78 is 48.9. The molecule has 1 aliphatic rings. The van der Waals surface area contributed by atoms with Crippen molar-refractivity contribution in [3.63, 3.8) is 0 Å². The van der Waals surface area contributed by atoms with Gasteiger partial charge in [0.25, 0.3) is 0 Å². The van der Waals surface area contributed by atoms with Crippen molar-refractivity contribution < 1.29 is 23.0 Å². The van der Waals surface area contributed by atoms with E-state index in [0.29, 0.717) is 17.2 Å². The molecule has 1 aromatic heterocycles. The van der Waals surface area contributed by atoms with Gasteiger partial charge in [-0.15, -0.1) is 0 Å². The van der Waals surface area contributed by atoms with Gasteiger partial charge in [0.2, 0.25) is 0 Å². The van der Waals surface area contributed by atoms with Crippen LogP contribution in [0, 0.1) is 11.8 Å². The summed E-state index contributed by atoms with van der Waals surface area (Å²) in [5.41, 5.74) is -2.87. The second-order valence-electron chi connectivity index (χ2n) is 7.60. The SMILES string of the molecule is C[C@@H]1CC1C(O)(Cn1cncn1)c1ccc(Oc2ccc(Cl)cc2)cc1C(F)(F)F. The number of hydrogen-bond acceptors (Lipinski definition) is 4. The number of benzene rings is 2. The van der Waals surface area contributed by atoms with Crippen LogP contribution in [0.15, 0.2) is 55.1 Å². The molecule has 1 saturated carbocycles. The number of ether oxygens (including phenoxy) is 1. The second-order valence-corrected chi connectivity index (χ2v) is 8.03. The van der Waals surface area contributed by atoms with Crippen LogP contribution in [0.3, 0.4) is 0 Å². The standard InChI is InChI=1S/C21H19ClF3N3O2/c1-13-8-18(13)20(29,10-28-12-26-11-27-28)17-7-6-16(9-19(17)21(23,24)25)30-15-4-2-14(22)3-5-15/h2-7,9,11-13,18,29H,8,10H2,1H3/t13-,18?,20?/m1/s1. The molecule has 0 bridgehead atoms. The molecule has 2 aromatic carbocycles. The third-order valence-corrected chi connectivity index (χ3v) is 5.66. The third kappa shape index (κ3) is 4.15. The Morgan fingerprint density at radius 1 is 1.13 bits per heavy atom. The molecule has 1 N–H and O–H groups in total. The lowest BCUT2D eigenvalue weighted by molar-refractivity contribution is -0.142. The van der Waals surface area contributed by atoms with Gasteiger partial charge >= 0.3 is 6.18 Å². The lowest BCUT2D eigenvalue weighted by Crippen LogP contribution is -2.37. The van der Waals surface area contributed by atoms with Gasteiger partial charge in [0, 0.05) is 5.02 Å². The second kappa shape index (κ2) is 7.59. The number of nitrogens with zero attached hydrogens (tertiary/aromatic N) is 3. The zero-order valence-electron chi connectivity index (χ0n) is 16.0. The molecule has 5 nitrogen and oxygen atoms in total. The Morgan fingerprint density at radius 2 is 1.80 bits per heavy atom. The van der Waals surface area contributed by atoms with E-state index in [2.05, 4.69) is 10.1 Å². The first kappa shape index (κ1) is 20.7. The lowest BCUT2D eigenvalue weighted by Gasteiger charge is -2.32. The summed E-state index contributed by atoms with van der Waals surface area (Å²) >= 11 is 5.83. The van der Waals surface area contributed by atoms with Crippen LogP contribution in [0.2, 0.25) is 5.02 Å². The maximum Gasteiger partial charge on any atom is 0.416 e. The van der Waals surface area contributed by atoms with Gasteiger partial charge in [0.05, 0.1) is 12.1 Å².